The molecule has 2 aromatic rings. The van der Waals surface area contributed by atoms with E-state index in [1.807, 2.05) is 0 Å². The fraction of sp³-hybridized carbons (Fsp3) is 0.222. The molecule has 2 rings (SSSR count). The lowest BCUT2D eigenvalue weighted by atomic mass is 10.3. The molecule has 0 bridgehead atoms. The highest BCUT2D eigenvalue weighted by Gasteiger charge is 2.11. The van der Waals surface area contributed by atoms with Crippen molar-refractivity contribution in [1.29, 1.82) is 0 Å². The van der Waals surface area contributed by atoms with Gasteiger partial charge in [-0.05, 0) is 30.3 Å². The van der Waals surface area contributed by atoms with E-state index >= 15 is 0 Å². The minimum Gasteiger partial charge on any atom is -0.495 e. The van der Waals surface area contributed by atoms with Gasteiger partial charge in [-0.25, -0.2) is 4.79 Å². The molecule has 0 radical (unpaired) electrons. The predicted octanol–water partition coefficient (Wildman–Crippen LogP) is 2.92. The van der Waals surface area contributed by atoms with E-state index in [-0.39, 0.29) is 6.61 Å². The molecule has 8 heteroatoms. The molecule has 0 aliphatic rings. The van der Waals surface area contributed by atoms with E-state index in [0.29, 0.717) is 28.0 Å². The Morgan fingerprint density at radius 3 is 2.31 bits per heavy atom. The van der Waals surface area contributed by atoms with Crippen LogP contribution in [0.5, 0.6) is 17.2 Å². The van der Waals surface area contributed by atoms with Crippen LogP contribution in [0, 0.1) is 0 Å². The molecule has 26 heavy (non-hydrogen) atoms. The Labute approximate surface area is 155 Å². The molecule has 0 spiro atoms. The highest BCUT2D eigenvalue weighted by molar-refractivity contribution is 6.32. The van der Waals surface area contributed by atoms with Gasteiger partial charge in [-0.15, -0.1) is 0 Å². The first-order valence-corrected chi connectivity index (χ1v) is 7.96. The van der Waals surface area contributed by atoms with Crippen LogP contribution >= 0.6 is 11.6 Å². The van der Waals surface area contributed by atoms with E-state index in [0.717, 1.165) is 0 Å². The van der Waals surface area contributed by atoms with E-state index in [4.69, 9.17) is 30.5 Å². The first kappa shape index (κ1) is 19.4. The van der Waals surface area contributed by atoms with Gasteiger partial charge in [0.2, 0.25) is 0 Å². The number of rotatable bonds is 8. The number of amides is 1. The third-order valence-electron chi connectivity index (χ3n) is 3.21. The number of hydrogen-bond acceptors (Lipinski definition) is 6. The van der Waals surface area contributed by atoms with E-state index in [9.17, 15) is 9.59 Å². The third-order valence-corrected chi connectivity index (χ3v) is 3.51. The fourth-order valence-corrected chi connectivity index (χ4v) is 2.26. The number of methoxy groups -OCH3 is 2. The maximum absolute atomic E-state index is 11.8. The molecular formula is C18H18ClNO6. The molecule has 0 unspecified atom stereocenters. The molecule has 0 saturated carbocycles. The van der Waals surface area contributed by atoms with Crippen LogP contribution in [0.3, 0.4) is 0 Å². The van der Waals surface area contributed by atoms with E-state index in [1.165, 1.54) is 20.3 Å². The molecular weight excluding hydrogens is 362 g/mol. The average molecular weight is 380 g/mol. The summed E-state index contributed by atoms with van der Waals surface area (Å²) in [5.41, 5.74) is 0.460. The van der Waals surface area contributed by atoms with Crippen LogP contribution in [0.1, 0.15) is 0 Å². The molecule has 0 saturated heterocycles. The predicted molar refractivity (Wildman–Crippen MR) is 96.1 cm³/mol. The lowest BCUT2D eigenvalue weighted by Gasteiger charge is -2.10. The number of halogens is 1. The summed E-state index contributed by atoms with van der Waals surface area (Å²) in [7, 11) is 2.99. The van der Waals surface area contributed by atoms with Crippen molar-refractivity contribution < 1.29 is 28.5 Å². The smallest absolute Gasteiger partial charge is 0.344 e. The maximum Gasteiger partial charge on any atom is 0.344 e. The van der Waals surface area contributed by atoms with Gasteiger partial charge in [0.1, 0.15) is 5.75 Å². The van der Waals surface area contributed by atoms with Crippen LogP contribution in [0.25, 0.3) is 0 Å². The summed E-state index contributed by atoms with van der Waals surface area (Å²) in [6.45, 7) is -0.792. The number of nitrogens with one attached hydrogen (secondary N) is 1. The van der Waals surface area contributed by atoms with Crippen molar-refractivity contribution in [2.45, 2.75) is 0 Å². The van der Waals surface area contributed by atoms with Crippen LogP contribution in [-0.2, 0) is 14.3 Å². The summed E-state index contributed by atoms with van der Waals surface area (Å²) >= 11 is 5.98. The number of hydrogen-bond donors (Lipinski definition) is 1. The number of ether oxygens (including phenoxy) is 4. The van der Waals surface area contributed by atoms with Gasteiger partial charge in [0, 0.05) is 5.69 Å². The lowest BCUT2D eigenvalue weighted by molar-refractivity contribution is -0.149. The van der Waals surface area contributed by atoms with E-state index in [1.54, 1.807) is 36.4 Å². The van der Waals surface area contributed by atoms with Crippen LogP contribution in [0.2, 0.25) is 5.02 Å². The van der Waals surface area contributed by atoms with Gasteiger partial charge in [-0.1, -0.05) is 23.7 Å². The first-order chi connectivity index (χ1) is 12.5. The Hall–Kier alpha value is -2.93. The second kappa shape index (κ2) is 9.53. The van der Waals surface area contributed by atoms with Crippen molar-refractivity contribution in [2.75, 3.05) is 32.8 Å². The zero-order valence-corrected chi connectivity index (χ0v) is 15.0. The zero-order chi connectivity index (χ0) is 18.9. The van der Waals surface area contributed by atoms with Gasteiger partial charge in [0.25, 0.3) is 5.91 Å². The number of anilines is 1. The molecule has 7 nitrogen and oxygen atoms in total. The summed E-state index contributed by atoms with van der Waals surface area (Å²) in [5, 5.41) is 2.92. The minimum absolute atomic E-state index is 0.345. The van der Waals surface area contributed by atoms with Gasteiger partial charge in [-0.2, -0.15) is 0 Å². The molecule has 0 aliphatic carbocycles. The molecule has 1 N–H and O–H groups in total. The Balaban J connectivity index is 1.78. The van der Waals surface area contributed by atoms with Gasteiger partial charge < -0.3 is 24.3 Å². The van der Waals surface area contributed by atoms with Crippen LogP contribution in [0.15, 0.2) is 42.5 Å². The summed E-state index contributed by atoms with van der Waals surface area (Å²) in [5.74, 6) is 0.207. The van der Waals surface area contributed by atoms with Gasteiger partial charge in [-0.3, -0.25) is 4.79 Å². The number of benzene rings is 2. The highest BCUT2D eigenvalue weighted by Crippen LogP contribution is 2.27. The Morgan fingerprint density at radius 2 is 1.65 bits per heavy atom. The van der Waals surface area contributed by atoms with Crippen molar-refractivity contribution in [3.05, 3.63) is 47.5 Å². The van der Waals surface area contributed by atoms with Crippen molar-refractivity contribution in [1.82, 2.24) is 0 Å². The molecule has 0 fully saturated rings. The summed E-state index contributed by atoms with van der Waals surface area (Å²) in [6.07, 6.45) is 0. The van der Waals surface area contributed by atoms with Gasteiger partial charge >= 0.3 is 5.97 Å². The molecule has 138 valence electrons. The number of para-hydroxylation sites is 2. The highest BCUT2D eigenvalue weighted by atomic mass is 35.5. The minimum atomic E-state index is -0.682. The maximum atomic E-state index is 11.8. The quantitative estimate of drug-likeness (QED) is 0.710. The lowest BCUT2D eigenvalue weighted by Crippen LogP contribution is -2.23. The molecule has 1 amide bonds. The van der Waals surface area contributed by atoms with Crippen molar-refractivity contribution in [2.24, 2.45) is 0 Å². The second-order valence-corrected chi connectivity index (χ2v) is 5.40. The van der Waals surface area contributed by atoms with Crippen molar-refractivity contribution in [3.8, 4) is 17.2 Å². The van der Waals surface area contributed by atoms with Crippen LogP contribution in [0.4, 0.5) is 5.69 Å². The molecule has 0 aliphatic heterocycles. The molecule has 2 aromatic carbocycles. The van der Waals surface area contributed by atoms with E-state index in [2.05, 4.69) is 5.32 Å². The Bertz CT molecular complexity index is 780. The summed E-state index contributed by atoms with van der Waals surface area (Å²) in [6, 6.07) is 11.7. The second-order valence-electron chi connectivity index (χ2n) is 5.00. The normalized spacial score (nSPS) is 9.96. The Kier molecular flexibility index (Phi) is 7.11. The fourth-order valence-electron chi connectivity index (χ4n) is 2.00. The van der Waals surface area contributed by atoms with Gasteiger partial charge in [0.15, 0.2) is 24.7 Å². The van der Waals surface area contributed by atoms with Crippen LogP contribution in [-0.4, -0.2) is 39.3 Å². The van der Waals surface area contributed by atoms with E-state index < -0.39 is 18.5 Å². The van der Waals surface area contributed by atoms with Crippen molar-refractivity contribution in [3.63, 3.8) is 0 Å². The van der Waals surface area contributed by atoms with Crippen molar-refractivity contribution >= 4 is 29.2 Å². The standard InChI is InChI=1S/C18H18ClNO6/c1-23-14-8-7-12(9-13(14)19)20-17(21)10-26-18(22)11-25-16-6-4-3-5-15(16)24-2/h3-9H,10-11H2,1-2H3,(H,20,21). The number of carbonyl (C=O) groups is 2. The molecule has 0 heterocycles. The first-order valence-electron chi connectivity index (χ1n) is 7.58. The SMILES string of the molecule is COc1ccc(NC(=O)COC(=O)COc2ccccc2OC)cc1Cl. The summed E-state index contributed by atoms with van der Waals surface area (Å²) in [4.78, 5) is 23.5. The summed E-state index contributed by atoms with van der Waals surface area (Å²) < 4.78 is 20.3. The van der Waals surface area contributed by atoms with Gasteiger partial charge in [0.05, 0.1) is 19.2 Å². The number of esters is 1. The third kappa shape index (κ3) is 5.56. The molecule has 0 atom stereocenters. The Morgan fingerprint density at radius 1 is 0.962 bits per heavy atom. The zero-order valence-electron chi connectivity index (χ0n) is 14.3. The monoisotopic (exact) mass is 379 g/mol. The number of carbonyl (C=O) groups excluding carboxylic acids is 2. The average Bonchev–Trinajstić information content (AvgIpc) is 2.65. The van der Waals surface area contributed by atoms with Crippen LogP contribution < -0.4 is 19.5 Å². The molecule has 0 aromatic heterocycles. The largest absolute Gasteiger partial charge is 0.495 e. The topological polar surface area (TPSA) is 83.1 Å².